The summed E-state index contributed by atoms with van der Waals surface area (Å²) >= 11 is 1.59. The molecule has 0 aliphatic heterocycles. The summed E-state index contributed by atoms with van der Waals surface area (Å²) in [6.45, 7) is 5.60. The van der Waals surface area contributed by atoms with Crippen LogP contribution >= 0.6 is 11.3 Å². The number of aryl methyl sites for hydroxylation is 2. The van der Waals surface area contributed by atoms with E-state index in [2.05, 4.69) is 67.3 Å². The molecule has 164 valence electrons. The number of carbonyl (C=O) groups excluding carboxylic acids is 1. The number of fused-ring (bicyclic) bond motifs is 1. The van der Waals surface area contributed by atoms with E-state index in [9.17, 15) is 4.79 Å². The van der Waals surface area contributed by atoms with E-state index in [1.165, 1.54) is 16.7 Å². The summed E-state index contributed by atoms with van der Waals surface area (Å²) in [6, 6.07) is 22.8. The van der Waals surface area contributed by atoms with Crippen molar-refractivity contribution in [1.29, 1.82) is 0 Å². The van der Waals surface area contributed by atoms with Gasteiger partial charge in [-0.15, -0.1) is 0 Å². The quantitative estimate of drug-likeness (QED) is 0.367. The first-order chi connectivity index (χ1) is 15.4. The smallest absolute Gasteiger partial charge is 0.233 e. The Labute approximate surface area is 194 Å². The molecular formula is C27H29N3OS. The van der Waals surface area contributed by atoms with Gasteiger partial charge in [0.25, 0.3) is 0 Å². The summed E-state index contributed by atoms with van der Waals surface area (Å²) in [7, 11) is 4.05. The largest absolute Gasteiger partial charge is 0.308 e. The molecule has 0 aliphatic rings. The highest BCUT2D eigenvalue weighted by Gasteiger charge is 2.21. The van der Waals surface area contributed by atoms with E-state index in [1.54, 1.807) is 11.3 Å². The van der Waals surface area contributed by atoms with Crippen LogP contribution in [0.3, 0.4) is 0 Å². The molecule has 0 bridgehead atoms. The second-order valence-corrected chi connectivity index (χ2v) is 9.45. The fourth-order valence-electron chi connectivity index (χ4n) is 3.67. The first kappa shape index (κ1) is 22.2. The van der Waals surface area contributed by atoms with Gasteiger partial charge in [-0.3, -0.25) is 9.69 Å². The monoisotopic (exact) mass is 443 g/mol. The topological polar surface area (TPSA) is 36.4 Å². The molecule has 0 fully saturated rings. The molecule has 32 heavy (non-hydrogen) atoms. The maximum Gasteiger partial charge on any atom is 0.233 e. The standard InChI is InChI=1S/C27H29N3OS/c1-19-10-15-24-26(20(19)2)28-27(32-24)30(17-16-29(3)4)25(31)18-21-11-13-23(14-12-21)22-8-6-5-7-9-22/h5-15H,16-18H2,1-4H3. The average molecular weight is 444 g/mol. The van der Waals surface area contributed by atoms with Crippen LogP contribution in [0.5, 0.6) is 0 Å². The molecule has 0 saturated heterocycles. The minimum absolute atomic E-state index is 0.0766. The van der Waals surface area contributed by atoms with Gasteiger partial charge >= 0.3 is 0 Å². The zero-order valence-electron chi connectivity index (χ0n) is 19.1. The third-order valence-corrected chi connectivity index (χ3v) is 6.84. The predicted octanol–water partition coefficient (Wildman–Crippen LogP) is 5.72. The minimum Gasteiger partial charge on any atom is -0.308 e. The zero-order valence-corrected chi connectivity index (χ0v) is 19.9. The molecule has 1 heterocycles. The summed E-state index contributed by atoms with van der Waals surface area (Å²) in [4.78, 5) is 22.2. The fraction of sp³-hybridized carbons (Fsp3) is 0.259. The normalized spacial score (nSPS) is 11.3. The Morgan fingerprint density at radius 2 is 1.56 bits per heavy atom. The lowest BCUT2D eigenvalue weighted by molar-refractivity contribution is -0.118. The van der Waals surface area contributed by atoms with Gasteiger partial charge in [-0.2, -0.15) is 0 Å². The third kappa shape index (κ3) is 4.90. The van der Waals surface area contributed by atoms with Gasteiger partial charge in [-0.25, -0.2) is 4.98 Å². The van der Waals surface area contributed by atoms with Gasteiger partial charge < -0.3 is 4.90 Å². The number of nitrogens with zero attached hydrogens (tertiary/aromatic N) is 3. The molecule has 0 N–H and O–H groups in total. The number of carbonyl (C=O) groups is 1. The van der Waals surface area contributed by atoms with Gasteiger partial charge in [-0.05, 0) is 61.8 Å². The highest BCUT2D eigenvalue weighted by molar-refractivity contribution is 7.22. The van der Waals surface area contributed by atoms with E-state index in [1.807, 2.05) is 37.2 Å². The SMILES string of the molecule is Cc1ccc2sc(N(CCN(C)C)C(=O)Cc3ccc(-c4ccccc4)cc3)nc2c1C. The van der Waals surface area contributed by atoms with Gasteiger partial charge in [0.05, 0.1) is 16.6 Å². The van der Waals surface area contributed by atoms with Crippen molar-refractivity contribution in [2.24, 2.45) is 0 Å². The van der Waals surface area contributed by atoms with Gasteiger partial charge in [0.15, 0.2) is 5.13 Å². The van der Waals surface area contributed by atoms with Crippen molar-refractivity contribution in [3.8, 4) is 11.1 Å². The van der Waals surface area contributed by atoms with Crippen molar-refractivity contribution in [3.05, 3.63) is 83.4 Å². The van der Waals surface area contributed by atoms with Crippen LogP contribution < -0.4 is 4.90 Å². The first-order valence-corrected chi connectivity index (χ1v) is 11.7. The first-order valence-electron chi connectivity index (χ1n) is 10.9. The number of rotatable bonds is 7. The number of thiazole rings is 1. The maximum absolute atomic E-state index is 13.4. The summed E-state index contributed by atoms with van der Waals surface area (Å²) in [5.74, 6) is 0.0766. The van der Waals surface area contributed by atoms with E-state index in [4.69, 9.17) is 4.98 Å². The fourth-order valence-corrected chi connectivity index (χ4v) is 4.74. The average Bonchev–Trinajstić information content (AvgIpc) is 3.22. The van der Waals surface area contributed by atoms with Crippen molar-refractivity contribution >= 4 is 32.6 Å². The molecule has 1 aromatic heterocycles. The Balaban J connectivity index is 1.58. The molecule has 3 aromatic carbocycles. The van der Waals surface area contributed by atoms with Crippen LogP contribution in [0.25, 0.3) is 21.3 Å². The number of likely N-dealkylation sites (N-methyl/N-ethyl adjacent to an activating group) is 1. The van der Waals surface area contributed by atoms with Crippen LogP contribution in [0.2, 0.25) is 0 Å². The Morgan fingerprint density at radius 1 is 0.875 bits per heavy atom. The van der Waals surface area contributed by atoms with E-state index >= 15 is 0 Å². The summed E-state index contributed by atoms with van der Waals surface area (Å²) in [6.07, 6.45) is 0.358. The van der Waals surface area contributed by atoms with Crippen molar-refractivity contribution in [3.63, 3.8) is 0 Å². The Kier molecular flexibility index (Phi) is 6.68. The molecular weight excluding hydrogens is 414 g/mol. The summed E-state index contributed by atoms with van der Waals surface area (Å²) in [5.41, 5.74) is 6.75. The predicted molar refractivity (Wildman–Crippen MR) is 136 cm³/mol. The maximum atomic E-state index is 13.4. The molecule has 0 spiro atoms. The lowest BCUT2D eigenvalue weighted by Crippen LogP contribution is -2.37. The lowest BCUT2D eigenvalue weighted by Gasteiger charge is -2.22. The molecule has 0 atom stereocenters. The highest BCUT2D eigenvalue weighted by atomic mass is 32.1. The number of aromatic nitrogens is 1. The van der Waals surface area contributed by atoms with Gasteiger partial charge in [0.1, 0.15) is 0 Å². The molecule has 0 unspecified atom stereocenters. The summed E-state index contributed by atoms with van der Waals surface area (Å²) < 4.78 is 1.12. The number of hydrogen-bond acceptors (Lipinski definition) is 4. The van der Waals surface area contributed by atoms with Crippen molar-refractivity contribution in [2.75, 3.05) is 32.1 Å². The minimum atomic E-state index is 0.0766. The molecule has 0 aliphatic carbocycles. The number of amides is 1. The van der Waals surface area contributed by atoms with Gasteiger partial charge in [0.2, 0.25) is 5.91 Å². The third-order valence-electron chi connectivity index (χ3n) is 5.79. The number of hydrogen-bond donors (Lipinski definition) is 0. The van der Waals surface area contributed by atoms with Gasteiger partial charge in [-0.1, -0.05) is 72.0 Å². The molecule has 1 amide bonds. The molecule has 4 nitrogen and oxygen atoms in total. The molecule has 4 rings (SSSR count). The van der Waals surface area contributed by atoms with Crippen molar-refractivity contribution < 1.29 is 4.79 Å². The van der Waals surface area contributed by atoms with Crippen molar-refractivity contribution in [1.82, 2.24) is 9.88 Å². The lowest BCUT2D eigenvalue weighted by atomic mass is 10.0. The Hall–Kier alpha value is -3.02. The second kappa shape index (κ2) is 9.63. The Bertz CT molecular complexity index is 1210. The van der Waals surface area contributed by atoms with Crippen LogP contribution in [-0.2, 0) is 11.2 Å². The van der Waals surface area contributed by atoms with E-state index in [0.717, 1.165) is 33.0 Å². The van der Waals surface area contributed by atoms with Crippen LogP contribution in [0.4, 0.5) is 5.13 Å². The van der Waals surface area contributed by atoms with E-state index in [-0.39, 0.29) is 5.91 Å². The van der Waals surface area contributed by atoms with Crippen molar-refractivity contribution in [2.45, 2.75) is 20.3 Å². The van der Waals surface area contributed by atoms with E-state index < -0.39 is 0 Å². The zero-order chi connectivity index (χ0) is 22.7. The number of anilines is 1. The van der Waals surface area contributed by atoms with Crippen LogP contribution in [-0.4, -0.2) is 43.0 Å². The van der Waals surface area contributed by atoms with Gasteiger partial charge in [0, 0.05) is 13.1 Å². The van der Waals surface area contributed by atoms with Crippen LogP contribution in [0, 0.1) is 13.8 Å². The van der Waals surface area contributed by atoms with E-state index in [0.29, 0.717) is 13.0 Å². The molecule has 0 radical (unpaired) electrons. The molecule has 0 saturated carbocycles. The molecule has 5 heteroatoms. The second-order valence-electron chi connectivity index (χ2n) is 8.44. The highest BCUT2D eigenvalue weighted by Crippen LogP contribution is 2.32. The summed E-state index contributed by atoms with van der Waals surface area (Å²) in [5, 5.41) is 0.779. The number of benzene rings is 3. The molecule has 4 aromatic rings. The Morgan fingerprint density at radius 3 is 2.25 bits per heavy atom. The van der Waals surface area contributed by atoms with Crippen LogP contribution in [0.1, 0.15) is 16.7 Å². The van der Waals surface area contributed by atoms with Crippen LogP contribution in [0.15, 0.2) is 66.7 Å².